The van der Waals surface area contributed by atoms with E-state index < -0.39 is 0 Å². The van der Waals surface area contributed by atoms with E-state index >= 15 is 8.78 Å². The van der Waals surface area contributed by atoms with Crippen molar-refractivity contribution in [3.8, 4) is 44.5 Å². The third-order valence-corrected chi connectivity index (χ3v) is 12.5. The molecule has 10 aromatic rings. The SMILES string of the molecule is Brc1ccc(I)cc1.Fc1cc(-c2ccccc2)cc(-c2ccccc2)c1N(c1ccccc1)c1ccc(Br)cc1.Fc1cc(-c2ccccc2)cc(-c2ccccc2)c1Nc1ccccc1. The van der Waals surface area contributed by atoms with E-state index in [2.05, 4.69) is 78.0 Å². The molecule has 0 bridgehead atoms. The van der Waals surface area contributed by atoms with Crippen LogP contribution in [-0.4, -0.2) is 0 Å². The number of nitrogens with zero attached hydrogens (tertiary/aromatic N) is 1. The van der Waals surface area contributed by atoms with E-state index in [0.29, 0.717) is 11.4 Å². The Kier molecular flexibility index (Phi) is 16.2. The van der Waals surface area contributed by atoms with Crippen molar-refractivity contribution in [2.75, 3.05) is 10.2 Å². The van der Waals surface area contributed by atoms with Gasteiger partial charge < -0.3 is 10.2 Å². The van der Waals surface area contributed by atoms with Crippen molar-refractivity contribution in [1.29, 1.82) is 0 Å². The summed E-state index contributed by atoms with van der Waals surface area (Å²) in [7, 11) is 0. The van der Waals surface area contributed by atoms with Crippen LogP contribution in [0.4, 0.5) is 37.2 Å². The number of nitrogens with one attached hydrogen (secondary N) is 1. The number of benzene rings is 10. The molecule has 0 saturated carbocycles. The average molecular weight is 1120 g/mol. The first-order chi connectivity index (χ1) is 32.8. The van der Waals surface area contributed by atoms with Gasteiger partial charge in [-0.2, -0.15) is 0 Å². The lowest BCUT2D eigenvalue weighted by Gasteiger charge is -2.29. The van der Waals surface area contributed by atoms with Crippen LogP contribution in [0.3, 0.4) is 0 Å². The van der Waals surface area contributed by atoms with Crippen LogP contribution < -0.4 is 10.2 Å². The highest BCUT2D eigenvalue weighted by Gasteiger charge is 2.23. The van der Waals surface area contributed by atoms with Gasteiger partial charge in [0.15, 0.2) is 0 Å². The fourth-order valence-electron chi connectivity index (χ4n) is 7.51. The highest BCUT2D eigenvalue weighted by atomic mass is 127. The summed E-state index contributed by atoms with van der Waals surface area (Å²) < 4.78 is 34.6. The van der Waals surface area contributed by atoms with Crippen LogP contribution in [0.5, 0.6) is 0 Å². The molecule has 1 N–H and O–H groups in total. The molecule has 7 heteroatoms. The Bertz CT molecular complexity index is 3090. The van der Waals surface area contributed by atoms with E-state index in [4.69, 9.17) is 0 Å². The van der Waals surface area contributed by atoms with Gasteiger partial charge in [0.2, 0.25) is 0 Å². The smallest absolute Gasteiger partial charge is 0.148 e. The third-order valence-electron chi connectivity index (χ3n) is 10.7. The third kappa shape index (κ3) is 12.4. The van der Waals surface area contributed by atoms with Crippen molar-refractivity contribution in [3.05, 3.63) is 279 Å². The summed E-state index contributed by atoms with van der Waals surface area (Å²) in [5.41, 5.74) is 10.9. The standard InChI is InChI=1S/C30H21BrFN.C24H18FN.C6H4BrI/c31-25-16-18-27(19-17-25)33(26-14-8-3-9-15-26)30-28(23-12-6-2-7-13-23)20-24(21-29(30)32)22-10-4-1-5-11-22;25-23-17-20(18-10-4-1-5-11-18)16-22(19-12-6-2-7-13-19)24(23)26-21-14-8-3-9-15-21;7-5-1-3-6(8)4-2-5/h1-21H;1-17,26H;1-4H. The Hall–Kier alpha value is -6.65. The summed E-state index contributed by atoms with van der Waals surface area (Å²) in [5, 5.41) is 3.24. The van der Waals surface area contributed by atoms with Crippen LogP contribution in [-0.2, 0) is 0 Å². The largest absolute Gasteiger partial charge is 0.353 e. The van der Waals surface area contributed by atoms with Crippen molar-refractivity contribution in [1.82, 2.24) is 0 Å². The lowest BCUT2D eigenvalue weighted by atomic mass is 9.95. The first-order valence-corrected chi connectivity index (χ1v) is 24.2. The van der Waals surface area contributed by atoms with Gasteiger partial charge in [0.05, 0.1) is 11.4 Å². The molecule has 0 aromatic heterocycles. The number of hydrogen-bond donors (Lipinski definition) is 1. The van der Waals surface area contributed by atoms with E-state index in [-0.39, 0.29) is 11.6 Å². The Morgan fingerprint density at radius 3 is 1.21 bits per heavy atom. The Balaban J connectivity index is 0.000000159. The molecule has 0 unspecified atom stereocenters. The van der Waals surface area contributed by atoms with Crippen LogP contribution in [0.25, 0.3) is 44.5 Å². The molecule has 0 fully saturated rings. The van der Waals surface area contributed by atoms with Crippen LogP contribution in [0, 0.1) is 15.2 Å². The molecule has 10 rings (SSSR count). The van der Waals surface area contributed by atoms with Crippen LogP contribution in [0.2, 0.25) is 0 Å². The lowest BCUT2D eigenvalue weighted by Crippen LogP contribution is -2.13. The highest BCUT2D eigenvalue weighted by Crippen LogP contribution is 2.45. The zero-order chi connectivity index (χ0) is 46.4. The number of rotatable bonds is 9. The van der Waals surface area contributed by atoms with Crippen molar-refractivity contribution in [2.24, 2.45) is 0 Å². The molecular weight excluding hydrogens is 1070 g/mol. The van der Waals surface area contributed by atoms with Gasteiger partial charge in [0, 0.05) is 40.7 Å². The van der Waals surface area contributed by atoms with Gasteiger partial charge in [-0.1, -0.05) is 190 Å². The minimum atomic E-state index is -0.276. The number of para-hydroxylation sites is 2. The van der Waals surface area contributed by atoms with Gasteiger partial charge in [-0.25, -0.2) is 8.78 Å². The summed E-state index contributed by atoms with van der Waals surface area (Å²) in [6.45, 7) is 0. The maximum absolute atomic E-state index is 16.1. The van der Waals surface area contributed by atoms with Gasteiger partial charge in [0.1, 0.15) is 11.6 Å². The normalized spacial score (nSPS) is 10.5. The van der Waals surface area contributed by atoms with Crippen molar-refractivity contribution in [3.63, 3.8) is 0 Å². The predicted molar refractivity (Wildman–Crippen MR) is 294 cm³/mol. The van der Waals surface area contributed by atoms with Gasteiger partial charge in [-0.05, 0) is 153 Å². The first-order valence-electron chi connectivity index (χ1n) is 21.5. The minimum Gasteiger partial charge on any atom is -0.353 e. The molecule has 0 aliphatic heterocycles. The van der Waals surface area contributed by atoms with Crippen LogP contribution in [0.1, 0.15) is 0 Å². The Morgan fingerprint density at radius 2 is 0.731 bits per heavy atom. The summed E-state index contributed by atoms with van der Waals surface area (Å²) >= 11 is 9.13. The summed E-state index contributed by atoms with van der Waals surface area (Å²) in [6, 6.07) is 82.7. The fourth-order valence-corrected chi connectivity index (χ4v) is 8.40. The Morgan fingerprint density at radius 1 is 0.358 bits per heavy atom. The minimum absolute atomic E-state index is 0.269. The number of halogens is 5. The van der Waals surface area contributed by atoms with E-state index in [9.17, 15) is 0 Å². The predicted octanol–water partition coefficient (Wildman–Crippen LogP) is 19.3. The second-order valence-electron chi connectivity index (χ2n) is 15.3. The number of anilines is 5. The van der Waals surface area contributed by atoms with Crippen molar-refractivity contribution < 1.29 is 8.78 Å². The maximum Gasteiger partial charge on any atom is 0.148 e. The molecule has 2 nitrogen and oxygen atoms in total. The van der Waals surface area contributed by atoms with Gasteiger partial charge in [0.25, 0.3) is 0 Å². The van der Waals surface area contributed by atoms with E-state index in [1.165, 1.54) is 3.57 Å². The summed E-state index contributed by atoms with van der Waals surface area (Å²) in [5.74, 6) is -0.545. The van der Waals surface area contributed by atoms with E-state index in [0.717, 1.165) is 70.5 Å². The Labute approximate surface area is 422 Å². The molecule has 0 aliphatic carbocycles. The first kappa shape index (κ1) is 46.9. The molecule has 0 heterocycles. The monoisotopic (exact) mass is 1110 g/mol. The second kappa shape index (κ2) is 23.2. The molecule has 0 aliphatic rings. The topological polar surface area (TPSA) is 15.3 Å². The quantitative estimate of drug-likeness (QED) is 0.145. The average Bonchev–Trinajstić information content (AvgIpc) is 3.38. The molecule has 0 saturated heterocycles. The van der Waals surface area contributed by atoms with E-state index in [1.54, 1.807) is 12.1 Å². The fraction of sp³-hybridized carbons (Fsp3) is 0. The van der Waals surface area contributed by atoms with Crippen LogP contribution in [0.15, 0.2) is 264 Å². The zero-order valence-electron chi connectivity index (χ0n) is 36.1. The van der Waals surface area contributed by atoms with Crippen LogP contribution >= 0.6 is 54.5 Å². The van der Waals surface area contributed by atoms with Crippen molar-refractivity contribution >= 4 is 82.9 Å². The second-order valence-corrected chi connectivity index (χ2v) is 18.4. The molecule has 0 atom stereocenters. The molecule has 67 heavy (non-hydrogen) atoms. The highest BCUT2D eigenvalue weighted by molar-refractivity contribution is 14.1. The van der Waals surface area contributed by atoms with Gasteiger partial charge in [-0.3, -0.25) is 0 Å². The molecule has 328 valence electrons. The summed E-state index contributed by atoms with van der Waals surface area (Å²) in [6.07, 6.45) is 0. The van der Waals surface area contributed by atoms with Gasteiger partial charge >= 0.3 is 0 Å². The molecular formula is C60H43Br2F2IN2. The van der Waals surface area contributed by atoms with E-state index in [1.807, 2.05) is 229 Å². The molecule has 10 aromatic carbocycles. The maximum atomic E-state index is 16.1. The molecule has 0 spiro atoms. The van der Waals surface area contributed by atoms with Gasteiger partial charge in [-0.15, -0.1) is 0 Å². The lowest BCUT2D eigenvalue weighted by molar-refractivity contribution is 0.629. The molecule has 0 amide bonds. The zero-order valence-corrected chi connectivity index (χ0v) is 41.4. The van der Waals surface area contributed by atoms with Crippen molar-refractivity contribution in [2.45, 2.75) is 0 Å². The number of hydrogen-bond acceptors (Lipinski definition) is 2. The molecule has 0 radical (unpaired) electrons. The summed E-state index contributed by atoms with van der Waals surface area (Å²) in [4.78, 5) is 1.98.